The predicted octanol–water partition coefficient (Wildman–Crippen LogP) is 3.63. The third-order valence-corrected chi connectivity index (χ3v) is 2.93. The molecule has 1 rings (SSSR count). The molecule has 0 heterocycles. The lowest BCUT2D eigenvalue weighted by molar-refractivity contribution is 0.159. The van der Waals surface area contributed by atoms with E-state index in [0.717, 1.165) is 17.8 Å². The Morgan fingerprint density at radius 2 is 2.09 bits per heavy atom. The molecule has 1 saturated carbocycles. The molecule has 1 unspecified atom stereocenters. The van der Waals surface area contributed by atoms with E-state index in [4.69, 9.17) is 0 Å². The van der Waals surface area contributed by atoms with Crippen LogP contribution in [0.3, 0.4) is 0 Å². The maximum atomic E-state index is 2.39. The van der Waals surface area contributed by atoms with Crippen molar-refractivity contribution in [1.82, 2.24) is 0 Å². The van der Waals surface area contributed by atoms with E-state index in [1.165, 1.54) is 19.3 Å². The molecule has 1 aliphatic rings. The molecular weight excluding hydrogens is 132 g/mol. The largest absolute Gasteiger partial charge is 0.0914 e. The van der Waals surface area contributed by atoms with Gasteiger partial charge in [0.05, 0.1) is 0 Å². The van der Waals surface area contributed by atoms with E-state index >= 15 is 0 Å². The van der Waals surface area contributed by atoms with Crippen molar-refractivity contribution in [3.8, 4) is 0 Å². The van der Waals surface area contributed by atoms with Gasteiger partial charge in [-0.15, -0.1) is 0 Å². The van der Waals surface area contributed by atoms with Crippen LogP contribution in [0.2, 0.25) is 0 Å². The van der Waals surface area contributed by atoms with Gasteiger partial charge in [-0.1, -0.05) is 26.0 Å². The Balaban J connectivity index is 2.32. The molecule has 0 aromatic carbocycles. The third kappa shape index (κ3) is 2.08. The quantitative estimate of drug-likeness (QED) is 0.542. The SMILES string of the molecule is CC=CC(CC)C1CC(C)C1. The summed E-state index contributed by atoms with van der Waals surface area (Å²) in [5.74, 6) is 2.88. The van der Waals surface area contributed by atoms with Gasteiger partial charge in [0.1, 0.15) is 0 Å². The van der Waals surface area contributed by atoms with E-state index in [0.29, 0.717) is 0 Å². The molecule has 0 aromatic rings. The van der Waals surface area contributed by atoms with Crippen molar-refractivity contribution in [2.75, 3.05) is 0 Å². The lowest BCUT2D eigenvalue weighted by Crippen LogP contribution is -2.27. The standard InChI is InChI=1S/C11H20/c1-4-6-10(5-2)11-7-9(3)8-11/h4,6,9-11H,5,7-8H2,1-3H3. The normalized spacial score (nSPS) is 33.7. The minimum Gasteiger partial charge on any atom is -0.0914 e. The maximum Gasteiger partial charge on any atom is -0.0208 e. The van der Waals surface area contributed by atoms with Crippen LogP contribution in [-0.2, 0) is 0 Å². The summed E-state index contributed by atoms with van der Waals surface area (Å²) >= 11 is 0. The van der Waals surface area contributed by atoms with E-state index in [-0.39, 0.29) is 0 Å². The van der Waals surface area contributed by atoms with Gasteiger partial charge < -0.3 is 0 Å². The fourth-order valence-electron chi connectivity index (χ4n) is 2.19. The average molecular weight is 152 g/mol. The van der Waals surface area contributed by atoms with Gasteiger partial charge in [-0.2, -0.15) is 0 Å². The highest BCUT2D eigenvalue weighted by molar-refractivity contribution is 4.93. The minimum absolute atomic E-state index is 0.871. The molecule has 0 nitrogen and oxygen atoms in total. The molecule has 1 atom stereocenters. The molecule has 0 aliphatic heterocycles. The second-order valence-electron chi connectivity index (χ2n) is 3.93. The monoisotopic (exact) mass is 152 g/mol. The zero-order valence-corrected chi connectivity index (χ0v) is 8.01. The lowest BCUT2D eigenvalue weighted by atomic mass is 9.68. The highest BCUT2D eigenvalue weighted by atomic mass is 14.3. The van der Waals surface area contributed by atoms with Crippen molar-refractivity contribution < 1.29 is 0 Å². The molecule has 0 aromatic heterocycles. The molecule has 0 spiro atoms. The minimum atomic E-state index is 0.871. The van der Waals surface area contributed by atoms with Gasteiger partial charge in [-0.05, 0) is 43.9 Å². The van der Waals surface area contributed by atoms with Crippen LogP contribution >= 0.6 is 0 Å². The highest BCUT2D eigenvalue weighted by Crippen LogP contribution is 2.40. The first-order valence-electron chi connectivity index (χ1n) is 4.90. The first kappa shape index (κ1) is 8.83. The van der Waals surface area contributed by atoms with Gasteiger partial charge in [0.2, 0.25) is 0 Å². The number of hydrogen-bond acceptors (Lipinski definition) is 0. The number of rotatable bonds is 3. The molecule has 0 radical (unpaired) electrons. The summed E-state index contributed by atoms with van der Waals surface area (Å²) in [5.41, 5.74) is 0. The number of allylic oxidation sites excluding steroid dienone is 2. The summed E-state index contributed by atoms with van der Waals surface area (Å²) in [4.78, 5) is 0. The highest BCUT2D eigenvalue weighted by Gasteiger charge is 2.29. The van der Waals surface area contributed by atoms with Gasteiger partial charge in [0.15, 0.2) is 0 Å². The molecule has 0 N–H and O–H groups in total. The Kier molecular flexibility index (Phi) is 3.16. The first-order chi connectivity index (χ1) is 5.27. The van der Waals surface area contributed by atoms with Gasteiger partial charge in [-0.3, -0.25) is 0 Å². The lowest BCUT2D eigenvalue weighted by Gasteiger charge is -2.37. The first-order valence-corrected chi connectivity index (χ1v) is 4.90. The van der Waals surface area contributed by atoms with Crippen molar-refractivity contribution >= 4 is 0 Å². The molecule has 1 aliphatic carbocycles. The van der Waals surface area contributed by atoms with Gasteiger partial charge in [0, 0.05) is 0 Å². The fourth-order valence-corrected chi connectivity index (χ4v) is 2.19. The zero-order chi connectivity index (χ0) is 8.27. The van der Waals surface area contributed by atoms with Crippen LogP contribution in [0.15, 0.2) is 12.2 Å². The topological polar surface area (TPSA) is 0 Å². The Bertz CT molecular complexity index is 129. The van der Waals surface area contributed by atoms with Gasteiger partial charge in [0.25, 0.3) is 0 Å². The van der Waals surface area contributed by atoms with Crippen LogP contribution in [0.4, 0.5) is 0 Å². The molecule has 11 heavy (non-hydrogen) atoms. The van der Waals surface area contributed by atoms with Gasteiger partial charge in [-0.25, -0.2) is 0 Å². The van der Waals surface area contributed by atoms with Crippen molar-refractivity contribution in [2.45, 2.75) is 40.0 Å². The smallest absolute Gasteiger partial charge is 0.0208 e. The van der Waals surface area contributed by atoms with Crippen LogP contribution in [0, 0.1) is 17.8 Å². The summed E-state index contributed by atoms with van der Waals surface area (Å²) in [5, 5.41) is 0. The summed E-state index contributed by atoms with van der Waals surface area (Å²) in [6.07, 6.45) is 8.83. The number of hydrogen-bond donors (Lipinski definition) is 0. The summed E-state index contributed by atoms with van der Waals surface area (Å²) in [6.45, 7) is 6.79. The van der Waals surface area contributed by atoms with E-state index < -0.39 is 0 Å². The second-order valence-corrected chi connectivity index (χ2v) is 3.93. The Morgan fingerprint density at radius 3 is 2.45 bits per heavy atom. The van der Waals surface area contributed by atoms with Crippen LogP contribution in [0.25, 0.3) is 0 Å². The summed E-state index contributed by atoms with van der Waals surface area (Å²) in [6, 6.07) is 0. The second kappa shape index (κ2) is 3.94. The van der Waals surface area contributed by atoms with Crippen LogP contribution < -0.4 is 0 Å². The Labute approximate surface area is 70.7 Å². The van der Waals surface area contributed by atoms with E-state index in [9.17, 15) is 0 Å². The Morgan fingerprint density at radius 1 is 1.45 bits per heavy atom. The van der Waals surface area contributed by atoms with E-state index in [2.05, 4.69) is 32.9 Å². The molecule has 0 saturated heterocycles. The molecule has 0 heteroatoms. The molecule has 1 fully saturated rings. The summed E-state index contributed by atoms with van der Waals surface area (Å²) in [7, 11) is 0. The molecule has 64 valence electrons. The van der Waals surface area contributed by atoms with Crippen molar-refractivity contribution in [2.24, 2.45) is 17.8 Å². The van der Waals surface area contributed by atoms with E-state index in [1.807, 2.05) is 0 Å². The Hall–Kier alpha value is -0.260. The fraction of sp³-hybridized carbons (Fsp3) is 0.818. The third-order valence-electron chi connectivity index (χ3n) is 2.93. The van der Waals surface area contributed by atoms with Crippen molar-refractivity contribution in [3.05, 3.63) is 12.2 Å². The maximum absolute atomic E-state index is 2.39. The van der Waals surface area contributed by atoms with Crippen LogP contribution in [0.5, 0.6) is 0 Å². The van der Waals surface area contributed by atoms with Crippen LogP contribution in [0.1, 0.15) is 40.0 Å². The zero-order valence-electron chi connectivity index (χ0n) is 8.01. The molecular formula is C11H20. The predicted molar refractivity (Wildman–Crippen MR) is 50.5 cm³/mol. The van der Waals surface area contributed by atoms with Crippen molar-refractivity contribution in [1.29, 1.82) is 0 Å². The summed E-state index contributed by atoms with van der Waals surface area (Å²) < 4.78 is 0. The van der Waals surface area contributed by atoms with Gasteiger partial charge >= 0.3 is 0 Å². The van der Waals surface area contributed by atoms with Crippen LogP contribution in [-0.4, -0.2) is 0 Å². The average Bonchev–Trinajstić information content (AvgIpc) is 1.95. The molecule has 0 bridgehead atoms. The molecule has 0 amide bonds. The van der Waals surface area contributed by atoms with Crippen molar-refractivity contribution in [3.63, 3.8) is 0 Å². The van der Waals surface area contributed by atoms with E-state index in [1.54, 1.807) is 0 Å².